The van der Waals surface area contributed by atoms with Crippen LogP contribution in [0, 0.1) is 0 Å². The maximum Gasteiger partial charge on any atom is 0.136 e. The molecule has 1 nitrogen and oxygen atoms in total. The summed E-state index contributed by atoms with van der Waals surface area (Å²) in [5.74, 6) is 0. The minimum absolute atomic E-state index is 0.149. The molecule has 0 atom stereocenters. The lowest BCUT2D eigenvalue weighted by molar-refractivity contribution is 0.660. The van der Waals surface area contributed by atoms with Crippen molar-refractivity contribution in [1.82, 2.24) is 0 Å². The Hall–Kier alpha value is -7.22. The van der Waals surface area contributed by atoms with E-state index in [9.17, 15) is 0 Å². The van der Waals surface area contributed by atoms with Gasteiger partial charge in [-0.15, -0.1) is 0 Å². The Morgan fingerprint density at radius 2 is 0.852 bits per heavy atom. The van der Waals surface area contributed by atoms with E-state index in [1.54, 1.807) is 0 Å². The Bertz CT molecular complexity index is 3630. The van der Waals surface area contributed by atoms with Gasteiger partial charge in [0, 0.05) is 21.6 Å². The van der Waals surface area contributed by atoms with Gasteiger partial charge < -0.3 is 4.42 Å². The number of rotatable bonds is 3. The van der Waals surface area contributed by atoms with Crippen molar-refractivity contribution in [2.24, 2.45) is 0 Å². The maximum absolute atomic E-state index is 6.40. The third kappa shape index (κ3) is 4.67. The maximum atomic E-state index is 6.40. The number of benzene rings is 10. The van der Waals surface area contributed by atoms with Crippen molar-refractivity contribution < 1.29 is 4.42 Å². The highest BCUT2D eigenvalue weighted by Gasteiger charge is 2.39. The molecule has 288 valence electrons. The molecule has 1 heterocycles. The SMILES string of the molecule is CC1(C)c2ccc(-c3c4ccccc4c(-c4ccccc4)c4ccccc34)cc2-c2ccc(-c3ccc4c(c3)-c3ccc5ccc6oc7ccccc7c6c5c3C4(C)C)cc21. The third-order valence-electron chi connectivity index (χ3n) is 14.4. The Morgan fingerprint density at radius 1 is 0.328 bits per heavy atom. The molecule has 0 aliphatic heterocycles. The summed E-state index contributed by atoms with van der Waals surface area (Å²) in [5.41, 5.74) is 20.0. The summed E-state index contributed by atoms with van der Waals surface area (Å²) in [7, 11) is 0. The highest BCUT2D eigenvalue weighted by molar-refractivity contribution is 6.23. The molecule has 0 saturated heterocycles. The molecule has 0 bridgehead atoms. The van der Waals surface area contributed by atoms with E-state index in [1.165, 1.54) is 121 Å². The average molecular weight is 779 g/mol. The predicted molar refractivity (Wildman–Crippen MR) is 258 cm³/mol. The van der Waals surface area contributed by atoms with Crippen LogP contribution in [0.25, 0.3) is 110 Å². The van der Waals surface area contributed by atoms with Gasteiger partial charge in [0.1, 0.15) is 11.2 Å². The van der Waals surface area contributed by atoms with Crippen molar-refractivity contribution in [3.63, 3.8) is 0 Å². The monoisotopic (exact) mass is 778 g/mol. The second kappa shape index (κ2) is 12.2. The van der Waals surface area contributed by atoms with Gasteiger partial charge in [-0.1, -0.05) is 179 Å². The fourth-order valence-electron chi connectivity index (χ4n) is 11.6. The lowest BCUT2D eigenvalue weighted by Gasteiger charge is -2.24. The standard InChI is InChI=1S/C60H42O/c1-59(2)49-30-25-39(55-43-18-10-8-16-41(43)54(35-14-6-5-7-15-35)42-17-9-11-19-44(42)55)33-47(49)40-27-23-38(34-51(40)59)37-24-29-50-48(32-37)45-28-22-36-26-31-53-57(56(36)58(45)60(50,3)4)46-20-12-13-21-52(46)61-53/h5-34H,1-4H3. The number of hydrogen-bond donors (Lipinski definition) is 0. The smallest absolute Gasteiger partial charge is 0.136 e. The minimum atomic E-state index is -0.173. The summed E-state index contributed by atoms with van der Waals surface area (Å²) < 4.78 is 6.40. The molecule has 0 unspecified atom stereocenters. The number of fused-ring (bicyclic) bond motifs is 14. The predicted octanol–water partition coefficient (Wildman–Crippen LogP) is 16.7. The van der Waals surface area contributed by atoms with Crippen molar-refractivity contribution in [2.45, 2.75) is 38.5 Å². The lowest BCUT2D eigenvalue weighted by atomic mass is 9.79. The molecule has 0 N–H and O–H groups in total. The van der Waals surface area contributed by atoms with Gasteiger partial charge >= 0.3 is 0 Å². The van der Waals surface area contributed by atoms with E-state index in [1.807, 2.05) is 0 Å². The Labute approximate surface area is 355 Å². The molecule has 11 aromatic rings. The van der Waals surface area contributed by atoms with Crippen molar-refractivity contribution in [2.75, 3.05) is 0 Å². The van der Waals surface area contributed by atoms with E-state index >= 15 is 0 Å². The van der Waals surface area contributed by atoms with Crippen LogP contribution in [-0.4, -0.2) is 0 Å². The zero-order valence-corrected chi connectivity index (χ0v) is 34.7. The van der Waals surface area contributed by atoms with Crippen molar-refractivity contribution in [1.29, 1.82) is 0 Å². The largest absolute Gasteiger partial charge is 0.456 e. The zero-order chi connectivity index (χ0) is 40.8. The molecule has 2 aliphatic rings. The van der Waals surface area contributed by atoms with Gasteiger partial charge in [0.2, 0.25) is 0 Å². The summed E-state index contributed by atoms with van der Waals surface area (Å²) in [5, 5.41) is 10.1. The molecule has 0 saturated carbocycles. The zero-order valence-electron chi connectivity index (χ0n) is 34.7. The molecule has 61 heavy (non-hydrogen) atoms. The Morgan fingerprint density at radius 3 is 1.57 bits per heavy atom. The molecule has 0 radical (unpaired) electrons. The van der Waals surface area contributed by atoms with Crippen LogP contribution in [0.4, 0.5) is 0 Å². The Balaban J connectivity index is 0.950. The quantitative estimate of drug-likeness (QED) is 0.163. The first-order chi connectivity index (χ1) is 29.8. The molecular formula is C60H42O. The van der Waals surface area contributed by atoms with Crippen molar-refractivity contribution in [3.8, 4) is 55.6 Å². The molecule has 0 amide bonds. The lowest BCUT2D eigenvalue weighted by Crippen LogP contribution is -2.15. The molecule has 0 fully saturated rings. The summed E-state index contributed by atoms with van der Waals surface area (Å²) >= 11 is 0. The van der Waals surface area contributed by atoms with Gasteiger partial charge in [0.25, 0.3) is 0 Å². The van der Waals surface area contributed by atoms with E-state index in [2.05, 4.69) is 210 Å². The van der Waals surface area contributed by atoms with E-state index in [0.29, 0.717) is 0 Å². The van der Waals surface area contributed by atoms with E-state index in [0.717, 1.165) is 11.2 Å². The topological polar surface area (TPSA) is 13.1 Å². The second-order valence-electron chi connectivity index (χ2n) is 18.4. The molecule has 1 heteroatoms. The van der Waals surface area contributed by atoms with Gasteiger partial charge in [-0.05, 0) is 141 Å². The van der Waals surface area contributed by atoms with Crippen LogP contribution < -0.4 is 0 Å². The van der Waals surface area contributed by atoms with Crippen molar-refractivity contribution in [3.05, 3.63) is 204 Å². The van der Waals surface area contributed by atoms with E-state index in [-0.39, 0.29) is 10.8 Å². The molecule has 13 rings (SSSR count). The van der Waals surface area contributed by atoms with Gasteiger partial charge in [-0.25, -0.2) is 0 Å². The molecule has 2 aliphatic carbocycles. The van der Waals surface area contributed by atoms with Gasteiger partial charge in [0.15, 0.2) is 0 Å². The van der Waals surface area contributed by atoms with Crippen LogP contribution in [-0.2, 0) is 10.8 Å². The van der Waals surface area contributed by atoms with Crippen LogP contribution >= 0.6 is 0 Å². The fraction of sp³-hybridized carbons (Fsp3) is 0.100. The summed E-state index contributed by atoms with van der Waals surface area (Å²) in [6.45, 7) is 9.58. The van der Waals surface area contributed by atoms with E-state index in [4.69, 9.17) is 4.42 Å². The molecule has 1 aromatic heterocycles. The summed E-state index contributed by atoms with van der Waals surface area (Å²) in [6.07, 6.45) is 0. The Kier molecular flexibility index (Phi) is 6.91. The molecular weight excluding hydrogens is 737 g/mol. The molecule has 10 aromatic carbocycles. The molecule has 0 spiro atoms. The van der Waals surface area contributed by atoms with Crippen LogP contribution in [0.2, 0.25) is 0 Å². The highest BCUT2D eigenvalue weighted by atomic mass is 16.3. The number of para-hydroxylation sites is 1. The van der Waals surface area contributed by atoms with E-state index < -0.39 is 0 Å². The summed E-state index contributed by atoms with van der Waals surface area (Å²) in [6, 6.07) is 67.9. The van der Waals surface area contributed by atoms with Crippen LogP contribution in [0.1, 0.15) is 49.9 Å². The number of hydrogen-bond acceptors (Lipinski definition) is 1. The van der Waals surface area contributed by atoms with Gasteiger partial charge in [-0.2, -0.15) is 0 Å². The normalized spacial score (nSPS) is 14.5. The minimum Gasteiger partial charge on any atom is -0.456 e. The van der Waals surface area contributed by atoms with Crippen molar-refractivity contribution >= 4 is 54.3 Å². The summed E-state index contributed by atoms with van der Waals surface area (Å²) in [4.78, 5) is 0. The van der Waals surface area contributed by atoms with Crippen LogP contribution in [0.3, 0.4) is 0 Å². The van der Waals surface area contributed by atoms with Crippen LogP contribution in [0.15, 0.2) is 186 Å². The van der Waals surface area contributed by atoms with Gasteiger partial charge in [0.05, 0.1) is 0 Å². The highest BCUT2D eigenvalue weighted by Crippen LogP contribution is 2.56. The first-order valence-corrected chi connectivity index (χ1v) is 21.6. The third-order valence-corrected chi connectivity index (χ3v) is 14.4. The van der Waals surface area contributed by atoms with Crippen LogP contribution in [0.5, 0.6) is 0 Å². The fourth-order valence-corrected chi connectivity index (χ4v) is 11.6. The van der Waals surface area contributed by atoms with Gasteiger partial charge in [-0.3, -0.25) is 0 Å². The number of furan rings is 1. The first kappa shape index (κ1) is 34.6. The average Bonchev–Trinajstić information content (AvgIpc) is 3.87. The second-order valence-corrected chi connectivity index (χ2v) is 18.4. The first-order valence-electron chi connectivity index (χ1n) is 21.6.